The average Bonchev–Trinajstić information content (AvgIpc) is 3.05. The molecule has 4 rings (SSSR count). The lowest BCUT2D eigenvalue weighted by Crippen LogP contribution is -2.29. The molecule has 1 aliphatic rings. The number of anilines is 1. The van der Waals surface area contributed by atoms with Gasteiger partial charge in [0.05, 0.1) is 23.2 Å². The number of nitriles is 1. The van der Waals surface area contributed by atoms with Gasteiger partial charge in [-0.25, -0.2) is 0 Å². The van der Waals surface area contributed by atoms with Crippen molar-refractivity contribution in [3.63, 3.8) is 0 Å². The fourth-order valence-electron chi connectivity index (χ4n) is 3.52. The molecule has 0 aliphatic carbocycles. The maximum atomic E-state index is 13.0. The Morgan fingerprint density at radius 3 is 2.37 bits per heavy atom. The van der Waals surface area contributed by atoms with Crippen LogP contribution < -0.4 is 4.90 Å². The van der Waals surface area contributed by atoms with Gasteiger partial charge in [-0.1, -0.05) is 35.9 Å². The van der Waals surface area contributed by atoms with Crippen molar-refractivity contribution in [3.8, 4) is 6.07 Å². The van der Waals surface area contributed by atoms with Gasteiger partial charge in [0.1, 0.15) is 5.76 Å². The Morgan fingerprint density at radius 1 is 1.07 bits per heavy atom. The molecule has 2 aromatic carbocycles. The fraction of sp³-hybridized carbons (Fsp3) is 0.0833. The highest BCUT2D eigenvalue weighted by Crippen LogP contribution is 2.41. The summed E-state index contributed by atoms with van der Waals surface area (Å²) in [6, 6.07) is 18.1. The number of hydrogen-bond donors (Lipinski definition) is 1. The minimum Gasteiger partial charge on any atom is -0.507 e. The van der Waals surface area contributed by atoms with Crippen LogP contribution in [-0.4, -0.2) is 21.8 Å². The van der Waals surface area contributed by atoms with Crippen LogP contribution in [0.3, 0.4) is 0 Å². The molecular weight excluding hydrogens is 378 g/mol. The normalized spacial score (nSPS) is 17.7. The third-order valence-corrected chi connectivity index (χ3v) is 5.04. The minimum atomic E-state index is -0.840. The Balaban J connectivity index is 1.92. The third-order valence-electron chi connectivity index (χ3n) is 5.04. The maximum absolute atomic E-state index is 13.0. The van der Waals surface area contributed by atoms with E-state index in [1.165, 1.54) is 4.90 Å². The van der Waals surface area contributed by atoms with Gasteiger partial charge in [-0.2, -0.15) is 5.26 Å². The first-order chi connectivity index (χ1) is 14.5. The Morgan fingerprint density at radius 2 is 1.77 bits per heavy atom. The van der Waals surface area contributed by atoms with Gasteiger partial charge >= 0.3 is 0 Å². The van der Waals surface area contributed by atoms with Crippen LogP contribution >= 0.6 is 0 Å². The summed E-state index contributed by atoms with van der Waals surface area (Å²) in [6.45, 7) is 1.92. The second-order valence-electron chi connectivity index (χ2n) is 6.98. The van der Waals surface area contributed by atoms with Crippen molar-refractivity contribution in [1.82, 2.24) is 4.98 Å². The molecule has 0 spiro atoms. The number of aliphatic hydroxyl groups excluding tert-OH is 1. The second-order valence-corrected chi connectivity index (χ2v) is 6.98. The van der Waals surface area contributed by atoms with E-state index in [2.05, 4.69) is 4.98 Å². The van der Waals surface area contributed by atoms with Crippen molar-refractivity contribution in [2.24, 2.45) is 0 Å². The van der Waals surface area contributed by atoms with Gasteiger partial charge in [0.15, 0.2) is 0 Å². The Hall–Kier alpha value is -4.24. The van der Waals surface area contributed by atoms with Gasteiger partial charge in [-0.05, 0) is 42.8 Å². The highest BCUT2D eigenvalue weighted by atomic mass is 16.3. The average molecular weight is 395 g/mol. The predicted molar refractivity (Wildman–Crippen MR) is 111 cm³/mol. The van der Waals surface area contributed by atoms with E-state index in [0.717, 1.165) is 5.56 Å². The third kappa shape index (κ3) is 3.23. The number of aromatic nitrogens is 1. The number of carbonyl (C=O) groups excluding carboxylic acids is 2. The summed E-state index contributed by atoms with van der Waals surface area (Å²) in [5.74, 6) is -1.76. The van der Waals surface area contributed by atoms with Crippen LogP contribution in [0.4, 0.5) is 5.69 Å². The second kappa shape index (κ2) is 7.64. The lowest BCUT2D eigenvalue weighted by Gasteiger charge is -2.25. The molecule has 1 aromatic heterocycles. The van der Waals surface area contributed by atoms with Crippen molar-refractivity contribution < 1.29 is 14.7 Å². The van der Waals surface area contributed by atoms with Gasteiger partial charge < -0.3 is 5.11 Å². The zero-order valence-corrected chi connectivity index (χ0v) is 16.1. The number of carbonyl (C=O) groups is 2. The van der Waals surface area contributed by atoms with Crippen LogP contribution in [0.5, 0.6) is 0 Å². The molecule has 30 heavy (non-hydrogen) atoms. The molecule has 6 nitrogen and oxygen atoms in total. The predicted octanol–water partition coefficient (Wildman–Crippen LogP) is 3.89. The van der Waals surface area contributed by atoms with E-state index in [-0.39, 0.29) is 11.3 Å². The molecule has 3 aromatic rings. The molecule has 1 saturated heterocycles. The van der Waals surface area contributed by atoms with E-state index in [1.54, 1.807) is 60.9 Å². The van der Waals surface area contributed by atoms with Gasteiger partial charge in [-0.3, -0.25) is 19.5 Å². The number of benzene rings is 2. The van der Waals surface area contributed by atoms with Crippen LogP contribution in [0.1, 0.15) is 28.3 Å². The molecule has 0 bridgehead atoms. The first kappa shape index (κ1) is 19.1. The standard InChI is InChI=1S/C24H17N3O3/c1-15-4-8-17(9-5-15)22(28)20-21(18-3-2-12-26-14-18)27(24(30)23(20)29)19-10-6-16(13-25)7-11-19/h2-12,14,21,28H,1H3/b22-20-. The molecule has 2 heterocycles. The monoisotopic (exact) mass is 395 g/mol. The Bertz CT molecular complexity index is 1190. The summed E-state index contributed by atoms with van der Waals surface area (Å²) in [7, 11) is 0. The van der Waals surface area contributed by atoms with Crippen LogP contribution in [0.2, 0.25) is 0 Å². The summed E-state index contributed by atoms with van der Waals surface area (Å²) < 4.78 is 0. The highest BCUT2D eigenvalue weighted by molar-refractivity contribution is 6.51. The van der Waals surface area contributed by atoms with Crippen molar-refractivity contribution in [1.29, 1.82) is 5.26 Å². The van der Waals surface area contributed by atoms with E-state index in [4.69, 9.17) is 5.26 Å². The number of Topliss-reactive ketones (excluding diaryl/α,β-unsaturated/α-hetero) is 1. The van der Waals surface area contributed by atoms with Gasteiger partial charge in [0.2, 0.25) is 0 Å². The van der Waals surface area contributed by atoms with Gasteiger partial charge in [-0.15, -0.1) is 0 Å². The quantitative estimate of drug-likeness (QED) is 0.412. The molecule has 1 aliphatic heterocycles. The number of rotatable bonds is 3. The zero-order valence-electron chi connectivity index (χ0n) is 16.1. The number of hydrogen-bond acceptors (Lipinski definition) is 5. The van der Waals surface area contributed by atoms with E-state index in [0.29, 0.717) is 22.4 Å². The Labute approximate surface area is 173 Å². The summed E-state index contributed by atoms with van der Waals surface area (Å²) in [5.41, 5.74) is 2.94. The topological polar surface area (TPSA) is 94.3 Å². The van der Waals surface area contributed by atoms with Crippen LogP contribution in [0, 0.1) is 18.3 Å². The molecule has 1 amide bonds. The van der Waals surface area contributed by atoms with E-state index >= 15 is 0 Å². The van der Waals surface area contributed by atoms with E-state index in [9.17, 15) is 14.7 Å². The summed E-state index contributed by atoms with van der Waals surface area (Å²) in [6.07, 6.45) is 3.16. The van der Waals surface area contributed by atoms with Crippen LogP contribution in [0.15, 0.2) is 78.6 Å². The summed E-state index contributed by atoms with van der Waals surface area (Å²) >= 11 is 0. The van der Waals surface area contributed by atoms with E-state index < -0.39 is 17.7 Å². The molecular formula is C24H17N3O3. The molecule has 0 radical (unpaired) electrons. The minimum absolute atomic E-state index is 0.00112. The number of nitrogens with zero attached hydrogens (tertiary/aromatic N) is 3. The summed E-state index contributed by atoms with van der Waals surface area (Å²) in [5, 5.41) is 20.0. The van der Waals surface area contributed by atoms with E-state index in [1.807, 2.05) is 25.1 Å². The van der Waals surface area contributed by atoms with Gasteiger partial charge in [0.25, 0.3) is 11.7 Å². The van der Waals surface area contributed by atoms with Crippen molar-refractivity contribution >= 4 is 23.1 Å². The first-order valence-corrected chi connectivity index (χ1v) is 9.29. The lowest BCUT2D eigenvalue weighted by molar-refractivity contribution is -0.132. The maximum Gasteiger partial charge on any atom is 0.300 e. The van der Waals surface area contributed by atoms with Crippen molar-refractivity contribution in [3.05, 3.63) is 101 Å². The number of pyridine rings is 1. The zero-order chi connectivity index (χ0) is 21.3. The molecule has 0 saturated carbocycles. The molecule has 1 atom stereocenters. The number of ketones is 1. The molecule has 1 fully saturated rings. The lowest BCUT2D eigenvalue weighted by atomic mass is 9.96. The number of amides is 1. The largest absolute Gasteiger partial charge is 0.507 e. The molecule has 1 unspecified atom stereocenters. The molecule has 1 N–H and O–H groups in total. The Kier molecular flexibility index (Phi) is 4.87. The van der Waals surface area contributed by atoms with Crippen molar-refractivity contribution in [2.75, 3.05) is 4.90 Å². The number of aryl methyl sites for hydroxylation is 1. The fourth-order valence-corrected chi connectivity index (χ4v) is 3.52. The highest BCUT2D eigenvalue weighted by Gasteiger charge is 2.47. The van der Waals surface area contributed by atoms with Crippen LogP contribution in [0.25, 0.3) is 5.76 Å². The van der Waals surface area contributed by atoms with Gasteiger partial charge in [0, 0.05) is 23.6 Å². The number of aliphatic hydroxyl groups is 1. The molecule has 146 valence electrons. The summed E-state index contributed by atoms with van der Waals surface area (Å²) in [4.78, 5) is 31.4. The van der Waals surface area contributed by atoms with Crippen LogP contribution in [-0.2, 0) is 9.59 Å². The van der Waals surface area contributed by atoms with Crippen molar-refractivity contribution in [2.45, 2.75) is 13.0 Å². The smallest absolute Gasteiger partial charge is 0.300 e. The SMILES string of the molecule is Cc1ccc(/C(O)=C2/C(=O)C(=O)N(c3ccc(C#N)cc3)C2c2cccnc2)cc1. The molecule has 6 heteroatoms. The first-order valence-electron chi connectivity index (χ1n) is 9.29.